The molecule has 6 unspecified atom stereocenters. The van der Waals surface area contributed by atoms with Crippen molar-refractivity contribution >= 4 is 14.4 Å². The molecule has 13 heteroatoms. The number of amides is 1. The van der Waals surface area contributed by atoms with Crippen LogP contribution in [0.3, 0.4) is 0 Å². The molecule has 262 valence electrons. The normalized spacial score (nSPS) is 22.0. The molecule has 1 amide bonds. The van der Waals surface area contributed by atoms with Crippen molar-refractivity contribution in [3.8, 4) is 17.0 Å². The van der Waals surface area contributed by atoms with Crippen molar-refractivity contribution < 1.29 is 28.1 Å². The number of aromatic nitrogens is 3. The van der Waals surface area contributed by atoms with Crippen LogP contribution in [-0.4, -0.2) is 89.6 Å². The number of nitrogens with one attached hydrogen (secondary N) is 1. The molecule has 0 aliphatic carbocycles. The van der Waals surface area contributed by atoms with Gasteiger partial charge in [0, 0.05) is 31.2 Å². The number of unbranched alkanes of at least 4 members (excludes halogenated alkanes) is 3. The molecule has 1 aliphatic rings. The molecule has 12 nitrogen and oxygen atoms in total. The van der Waals surface area contributed by atoms with Gasteiger partial charge in [-0.2, -0.15) is 0 Å². The van der Waals surface area contributed by atoms with Crippen LogP contribution in [0.5, 0.6) is 5.75 Å². The first kappa shape index (κ1) is 38.8. The number of carbonyl (C=O) groups excluding carboxylic acids is 1. The van der Waals surface area contributed by atoms with Gasteiger partial charge in [0.15, 0.2) is 6.29 Å². The highest BCUT2D eigenvalue weighted by atomic mass is 31.2. The minimum Gasteiger partial charge on any atom is -0.497 e. The first-order chi connectivity index (χ1) is 22.5. The second-order valence-corrected chi connectivity index (χ2v) is 14.1. The van der Waals surface area contributed by atoms with Crippen LogP contribution >= 0.6 is 8.53 Å². The van der Waals surface area contributed by atoms with Crippen molar-refractivity contribution in [2.75, 3.05) is 33.5 Å². The predicted octanol–water partition coefficient (Wildman–Crippen LogP) is 6.33. The average molecular weight is 675 g/mol. The standard InChI is InChI=1S/C34H55N6O6P/c1-24(2)40(25(3)4)47(45-20-17-35-8)44-19-13-11-10-12-18-43-34-33(36-28(7)41)27(6)26(5)32(46-34)23-39-22-31(37-38-39)29-15-14-16-30(21-29)42-9/h14-16,21-22,24-27,32-34H,10-13,17-20,23H2,1-7,9H3,(H,36,41). The zero-order valence-corrected chi connectivity index (χ0v) is 30.3. The van der Waals surface area contributed by atoms with Crippen molar-refractivity contribution in [1.29, 1.82) is 0 Å². The summed E-state index contributed by atoms with van der Waals surface area (Å²) < 4.78 is 34.4. The molecule has 1 saturated heterocycles. The highest BCUT2D eigenvalue weighted by Crippen LogP contribution is 2.46. The van der Waals surface area contributed by atoms with Crippen LogP contribution in [0.2, 0.25) is 0 Å². The fraction of sp³-hybridized carbons (Fsp3) is 0.706. The third-order valence-corrected chi connectivity index (χ3v) is 10.5. The molecule has 6 atom stereocenters. The maximum Gasteiger partial charge on any atom is 0.259 e. The molecule has 47 heavy (non-hydrogen) atoms. The fourth-order valence-corrected chi connectivity index (χ4v) is 7.39. The minimum absolute atomic E-state index is 0.101. The highest BCUT2D eigenvalue weighted by Gasteiger charge is 2.42. The number of carbonyl (C=O) groups is 1. The molecule has 2 aromatic rings. The summed E-state index contributed by atoms with van der Waals surface area (Å²) in [5, 5.41) is 11.8. The first-order valence-electron chi connectivity index (χ1n) is 16.8. The maximum atomic E-state index is 12.1. The Morgan fingerprint density at radius 2 is 1.79 bits per heavy atom. The van der Waals surface area contributed by atoms with Crippen LogP contribution in [0.4, 0.5) is 0 Å². The van der Waals surface area contributed by atoms with E-state index < -0.39 is 14.8 Å². The van der Waals surface area contributed by atoms with E-state index in [1.807, 2.05) is 35.1 Å². The molecular weight excluding hydrogens is 619 g/mol. The van der Waals surface area contributed by atoms with Crippen molar-refractivity contribution in [2.24, 2.45) is 11.8 Å². The van der Waals surface area contributed by atoms with Gasteiger partial charge in [-0.3, -0.25) is 4.79 Å². The summed E-state index contributed by atoms with van der Waals surface area (Å²) in [5.74, 6) is 0.939. The molecule has 0 bridgehead atoms. The highest BCUT2D eigenvalue weighted by molar-refractivity contribution is 7.44. The van der Waals surface area contributed by atoms with E-state index in [1.165, 1.54) is 6.92 Å². The van der Waals surface area contributed by atoms with Gasteiger partial charge in [-0.1, -0.05) is 44.0 Å². The molecule has 3 rings (SSSR count). The number of nitrogens with zero attached hydrogens (tertiary/aromatic N) is 5. The summed E-state index contributed by atoms with van der Waals surface area (Å²) in [5.41, 5.74) is 1.69. The molecule has 0 radical (unpaired) electrons. The third kappa shape index (κ3) is 12.1. The summed E-state index contributed by atoms with van der Waals surface area (Å²) in [6.45, 7) is 23.8. The fourth-order valence-electron chi connectivity index (χ4n) is 5.78. The average Bonchev–Trinajstić information content (AvgIpc) is 3.50. The predicted molar refractivity (Wildman–Crippen MR) is 183 cm³/mol. The van der Waals surface area contributed by atoms with Gasteiger partial charge in [-0.25, -0.2) is 15.9 Å². The SMILES string of the molecule is [C-]#[N+]CCOP(OCCCCCCOC1OC(Cn2cc(-c3cccc(OC)c3)nn2)C(C)C(C)C1NC(C)=O)N(C(C)C)C(C)C. The zero-order chi connectivity index (χ0) is 34.3. The molecule has 0 spiro atoms. The van der Waals surface area contributed by atoms with Gasteiger partial charge < -0.3 is 33.4 Å². The molecule has 1 aromatic heterocycles. The Morgan fingerprint density at radius 1 is 1.09 bits per heavy atom. The first-order valence-corrected chi connectivity index (χ1v) is 17.9. The van der Waals surface area contributed by atoms with Crippen LogP contribution in [0.15, 0.2) is 30.5 Å². The Labute approximate surface area is 282 Å². The largest absolute Gasteiger partial charge is 0.497 e. The Hall–Kier alpha value is -2.65. The van der Waals surface area contributed by atoms with Crippen molar-refractivity contribution in [3.05, 3.63) is 41.9 Å². The van der Waals surface area contributed by atoms with Crippen molar-refractivity contribution in [1.82, 2.24) is 25.0 Å². The molecular formula is C34H55N6O6P. The Bertz CT molecular complexity index is 1250. The monoisotopic (exact) mass is 674 g/mol. The number of hydrogen-bond donors (Lipinski definition) is 1. The molecule has 1 fully saturated rings. The van der Waals surface area contributed by atoms with E-state index in [0.29, 0.717) is 32.9 Å². The van der Waals surface area contributed by atoms with E-state index in [1.54, 1.807) is 7.11 Å². The topological polar surface area (TPSA) is 114 Å². The lowest BCUT2D eigenvalue weighted by atomic mass is 9.82. The maximum absolute atomic E-state index is 12.1. The number of methoxy groups -OCH3 is 1. The lowest BCUT2D eigenvalue weighted by Crippen LogP contribution is -2.58. The molecule has 1 N–H and O–H groups in total. The molecule has 2 heterocycles. The summed E-state index contributed by atoms with van der Waals surface area (Å²) in [6, 6.07) is 8.06. The van der Waals surface area contributed by atoms with E-state index in [4.69, 9.17) is 29.8 Å². The quantitative estimate of drug-likeness (QED) is 0.0978. The summed E-state index contributed by atoms with van der Waals surface area (Å²) in [6.07, 6.45) is 4.95. The summed E-state index contributed by atoms with van der Waals surface area (Å²) >= 11 is 0. The zero-order valence-electron chi connectivity index (χ0n) is 29.4. The van der Waals surface area contributed by atoms with Gasteiger partial charge in [0.1, 0.15) is 18.1 Å². The van der Waals surface area contributed by atoms with Gasteiger partial charge in [0.05, 0.1) is 38.6 Å². The van der Waals surface area contributed by atoms with Crippen LogP contribution in [0.1, 0.15) is 74.1 Å². The number of benzene rings is 1. The summed E-state index contributed by atoms with van der Waals surface area (Å²) in [7, 11) is 0.435. The van der Waals surface area contributed by atoms with Gasteiger partial charge in [0.25, 0.3) is 8.53 Å². The summed E-state index contributed by atoms with van der Waals surface area (Å²) in [4.78, 5) is 15.5. The van der Waals surface area contributed by atoms with Crippen LogP contribution in [-0.2, 0) is 29.9 Å². The Balaban J connectivity index is 1.50. The minimum atomic E-state index is -1.21. The van der Waals surface area contributed by atoms with Gasteiger partial charge in [0.2, 0.25) is 12.5 Å². The third-order valence-electron chi connectivity index (χ3n) is 8.40. The number of hydrogen-bond acceptors (Lipinski definition) is 9. The van der Waals surface area contributed by atoms with Crippen molar-refractivity contribution in [2.45, 2.75) is 111 Å². The Morgan fingerprint density at radius 3 is 2.45 bits per heavy atom. The molecule has 1 aromatic carbocycles. The van der Waals surface area contributed by atoms with Crippen LogP contribution < -0.4 is 10.1 Å². The van der Waals surface area contributed by atoms with E-state index in [0.717, 1.165) is 42.7 Å². The van der Waals surface area contributed by atoms with Gasteiger partial charge >= 0.3 is 0 Å². The Kier molecular flexibility index (Phi) is 16.5. The van der Waals surface area contributed by atoms with Crippen LogP contribution in [0.25, 0.3) is 16.1 Å². The van der Waals surface area contributed by atoms with E-state index >= 15 is 0 Å². The van der Waals surface area contributed by atoms with Gasteiger partial charge in [-0.15, -0.1) is 5.10 Å². The lowest BCUT2D eigenvalue weighted by Gasteiger charge is -2.44. The second kappa shape index (κ2) is 20.0. The number of rotatable bonds is 20. The van der Waals surface area contributed by atoms with Gasteiger partial charge in [-0.05, 0) is 64.5 Å². The van der Waals surface area contributed by atoms with E-state index in [9.17, 15) is 4.79 Å². The van der Waals surface area contributed by atoms with Crippen molar-refractivity contribution in [3.63, 3.8) is 0 Å². The smallest absolute Gasteiger partial charge is 0.259 e. The number of ether oxygens (including phenoxy) is 3. The van der Waals surface area contributed by atoms with E-state index in [-0.39, 0.29) is 42.0 Å². The van der Waals surface area contributed by atoms with E-state index in [2.05, 4.69) is 66.7 Å². The molecule has 0 saturated carbocycles. The van der Waals surface area contributed by atoms with Crippen LogP contribution in [0, 0.1) is 18.4 Å². The second-order valence-electron chi connectivity index (χ2n) is 12.7. The molecule has 1 aliphatic heterocycles. The lowest BCUT2D eigenvalue weighted by molar-refractivity contribution is -0.239.